The summed E-state index contributed by atoms with van der Waals surface area (Å²) in [7, 11) is -3.59. The lowest BCUT2D eigenvalue weighted by molar-refractivity contribution is 0.209. The molecule has 1 saturated heterocycles. The third-order valence-corrected chi connectivity index (χ3v) is 5.63. The minimum absolute atomic E-state index is 0.114. The molecule has 5 nitrogen and oxygen atoms in total. The molecule has 116 valence electrons. The van der Waals surface area contributed by atoms with E-state index >= 15 is 0 Å². The standard InChI is InChI=1S/C12H15Cl2N3O2S2/c13-9-5-10(14)7-11(6-9)21(18,19)17-3-1-16(2-4-17)8-12(15)20/h5-7H,1-4,8H2,(H2,15,20). The number of rotatable bonds is 4. The van der Waals surface area contributed by atoms with Crippen LogP contribution in [0.5, 0.6) is 0 Å². The second kappa shape index (κ2) is 6.76. The SMILES string of the molecule is NC(=S)CN1CCN(S(=O)(=O)c2cc(Cl)cc(Cl)c2)CC1. The summed E-state index contributed by atoms with van der Waals surface area (Å²) in [6.07, 6.45) is 0. The summed E-state index contributed by atoms with van der Waals surface area (Å²) < 4.78 is 26.5. The summed E-state index contributed by atoms with van der Waals surface area (Å²) in [5.41, 5.74) is 5.50. The van der Waals surface area contributed by atoms with Gasteiger partial charge in [0.2, 0.25) is 10.0 Å². The average Bonchev–Trinajstić information content (AvgIpc) is 2.37. The van der Waals surface area contributed by atoms with E-state index < -0.39 is 10.0 Å². The van der Waals surface area contributed by atoms with E-state index in [1.165, 1.54) is 22.5 Å². The van der Waals surface area contributed by atoms with E-state index in [0.29, 0.717) is 47.8 Å². The van der Waals surface area contributed by atoms with Gasteiger partial charge in [0.25, 0.3) is 0 Å². The predicted molar refractivity (Wildman–Crippen MR) is 88.4 cm³/mol. The van der Waals surface area contributed by atoms with Crippen LogP contribution < -0.4 is 5.73 Å². The Bertz CT molecular complexity index is 624. The maximum atomic E-state index is 12.6. The second-order valence-electron chi connectivity index (χ2n) is 4.75. The molecular formula is C12H15Cl2N3O2S2. The van der Waals surface area contributed by atoms with E-state index in [9.17, 15) is 8.42 Å². The Morgan fingerprint density at radius 1 is 1.14 bits per heavy atom. The molecule has 1 aromatic rings. The summed E-state index contributed by atoms with van der Waals surface area (Å²) in [6, 6.07) is 4.32. The highest BCUT2D eigenvalue weighted by molar-refractivity contribution is 7.89. The molecule has 0 aromatic heterocycles. The minimum Gasteiger partial charge on any atom is -0.392 e. The van der Waals surface area contributed by atoms with Crippen LogP contribution in [-0.4, -0.2) is 55.3 Å². The summed E-state index contributed by atoms with van der Waals surface area (Å²) >= 11 is 16.6. The van der Waals surface area contributed by atoms with E-state index in [1.54, 1.807) is 0 Å². The van der Waals surface area contributed by atoms with Gasteiger partial charge in [-0.25, -0.2) is 8.42 Å². The molecule has 1 fully saturated rings. The molecule has 2 N–H and O–H groups in total. The lowest BCUT2D eigenvalue weighted by Crippen LogP contribution is -2.50. The van der Waals surface area contributed by atoms with Crippen molar-refractivity contribution in [2.75, 3.05) is 32.7 Å². The molecule has 1 aromatic carbocycles. The largest absolute Gasteiger partial charge is 0.392 e. The van der Waals surface area contributed by atoms with Gasteiger partial charge in [-0.2, -0.15) is 4.31 Å². The molecule has 9 heteroatoms. The average molecular weight is 368 g/mol. The molecular weight excluding hydrogens is 353 g/mol. The fourth-order valence-corrected chi connectivity index (χ4v) is 4.51. The topological polar surface area (TPSA) is 66.6 Å². The quantitative estimate of drug-likeness (QED) is 0.818. The van der Waals surface area contributed by atoms with Crippen molar-refractivity contribution in [3.05, 3.63) is 28.2 Å². The Balaban J connectivity index is 2.13. The van der Waals surface area contributed by atoms with Gasteiger partial charge >= 0.3 is 0 Å². The molecule has 0 aliphatic carbocycles. The zero-order valence-corrected chi connectivity index (χ0v) is 14.3. The summed E-state index contributed by atoms with van der Waals surface area (Å²) in [4.78, 5) is 2.55. The molecule has 0 spiro atoms. The first kappa shape index (κ1) is 16.9. The number of hydrogen-bond donors (Lipinski definition) is 1. The van der Waals surface area contributed by atoms with Gasteiger partial charge in [0.05, 0.1) is 9.88 Å². The highest BCUT2D eigenvalue weighted by Gasteiger charge is 2.29. The van der Waals surface area contributed by atoms with Crippen molar-refractivity contribution in [3.63, 3.8) is 0 Å². The number of hydrogen-bond acceptors (Lipinski definition) is 4. The maximum absolute atomic E-state index is 12.6. The van der Waals surface area contributed by atoms with Crippen LogP contribution in [0.2, 0.25) is 10.0 Å². The van der Waals surface area contributed by atoms with E-state index in [1.807, 2.05) is 4.90 Å². The van der Waals surface area contributed by atoms with Crippen molar-refractivity contribution in [1.82, 2.24) is 9.21 Å². The van der Waals surface area contributed by atoms with Gasteiger partial charge in [-0.1, -0.05) is 35.4 Å². The highest BCUT2D eigenvalue weighted by Crippen LogP contribution is 2.25. The Morgan fingerprint density at radius 3 is 2.14 bits per heavy atom. The van der Waals surface area contributed by atoms with Crippen LogP contribution in [0, 0.1) is 0 Å². The zero-order chi connectivity index (χ0) is 15.6. The van der Waals surface area contributed by atoms with Crippen molar-refractivity contribution < 1.29 is 8.42 Å². The highest BCUT2D eigenvalue weighted by atomic mass is 35.5. The third kappa shape index (κ3) is 4.28. The molecule has 0 radical (unpaired) electrons. The van der Waals surface area contributed by atoms with Gasteiger partial charge < -0.3 is 5.73 Å². The van der Waals surface area contributed by atoms with Crippen LogP contribution in [0.3, 0.4) is 0 Å². The fourth-order valence-electron chi connectivity index (χ4n) is 2.17. The van der Waals surface area contributed by atoms with Crippen LogP contribution in [0.1, 0.15) is 0 Å². The van der Waals surface area contributed by atoms with Gasteiger partial charge in [-0.15, -0.1) is 0 Å². The van der Waals surface area contributed by atoms with Crippen LogP contribution in [0.25, 0.3) is 0 Å². The molecule has 1 aliphatic rings. The van der Waals surface area contributed by atoms with Gasteiger partial charge in [-0.3, -0.25) is 4.90 Å². The Hall–Kier alpha value is -0.440. The van der Waals surface area contributed by atoms with Crippen LogP contribution in [0.4, 0.5) is 0 Å². The molecule has 2 rings (SSSR count). The normalized spacial score (nSPS) is 17.8. The van der Waals surface area contributed by atoms with Gasteiger partial charge in [0.1, 0.15) is 0 Å². The fraction of sp³-hybridized carbons (Fsp3) is 0.417. The first-order valence-corrected chi connectivity index (χ1v) is 8.86. The number of nitrogens with two attached hydrogens (primary N) is 1. The van der Waals surface area contributed by atoms with E-state index in [0.717, 1.165) is 0 Å². The molecule has 21 heavy (non-hydrogen) atoms. The van der Waals surface area contributed by atoms with Crippen LogP contribution in [0.15, 0.2) is 23.1 Å². The number of halogens is 2. The maximum Gasteiger partial charge on any atom is 0.243 e. The number of benzene rings is 1. The predicted octanol–water partition coefficient (Wildman–Crippen LogP) is 1.59. The smallest absolute Gasteiger partial charge is 0.243 e. The Morgan fingerprint density at radius 2 is 1.67 bits per heavy atom. The molecule has 0 unspecified atom stereocenters. The lowest BCUT2D eigenvalue weighted by atomic mass is 10.3. The van der Waals surface area contributed by atoms with Crippen molar-refractivity contribution in [2.24, 2.45) is 5.73 Å². The first-order chi connectivity index (χ1) is 9.79. The van der Waals surface area contributed by atoms with Crippen molar-refractivity contribution in [2.45, 2.75) is 4.90 Å². The number of nitrogens with zero attached hydrogens (tertiary/aromatic N) is 2. The number of thiocarbonyl (C=S) groups is 1. The molecule has 0 saturated carbocycles. The zero-order valence-electron chi connectivity index (χ0n) is 11.1. The summed E-state index contributed by atoms with van der Waals surface area (Å²) in [6.45, 7) is 2.45. The molecule has 1 aliphatic heterocycles. The Labute approximate surface area is 139 Å². The summed E-state index contributed by atoms with van der Waals surface area (Å²) in [5, 5.41) is 0.599. The number of sulfonamides is 1. The van der Waals surface area contributed by atoms with Crippen molar-refractivity contribution in [1.29, 1.82) is 0 Å². The van der Waals surface area contributed by atoms with E-state index in [2.05, 4.69) is 0 Å². The molecule has 0 amide bonds. The van der Waals surface area contributed by atoms with Crippen LogP contribution in [-0.2, 0) is 10.0 Å². The monoisotopic (exact) mass is 367 g/mol. The van der Waals surface area contributed by atoms with Crippen LogP contribution >= 0.6 is 35.4 Å². The molecule has 0 atom stereocenters. The second-order valence-corrected chi connectivity index (χ2v) is 8.09. The van der Waals surface area contributed by atoms with E-state index in [-0.39, 0.29) is 4.90 Å². The third-order valence-electron chi connectivity index (χ3n) is 3.18. The lowest BCUT2D eigenvalue weighted by Gasteiger charge is -2.33. The van der Waals surface area contributed by atoms with E-state index in [4.69, 9.17) is 41.2 Å². The van der Waals surface area contributed by atoms with Gasteiger partial charge in [0.15, 0.2) is 0 Å². The summed E-state index contributed by atoms with van der Waals surface area (Å²) in [5.74, 6) is 0. The van der Waals surface area contributed by atoms with Gasteiger partial charge in [-0.05, 0) is 18.2 Å². The Kier molecular flexibility index (Phi) is 5.45. The van der Waals surface area contributed by atoms with Crippen molar-refractivity contribution >= 4 is 50.4 Å². The number of piperazine rings is 1. The molecule has 0 bridgehead atoms. The van der Waals surface area contributed by atoms with Crippen molar-refractivity contribution in [3.8, 4) is 0 Å². The minimum atomic E-state index is -3.59. The first-order valence-electron chi connectivity index (χ1n) is 6.26. The molecule has 1 heterocycles. The van der Waals surface area contributed by atoms with Gasteiger partial charge in [0, 0.05) is 42.8 Å².